The predicted molar refractivity (Wildman–Crippen MR) is 65.9 cm³/mol. The van der Waals surface area contributed by atoms with Crippen LogP contribution in [0, 0.1) is 0 Å². The number of aromatic hydroxyl groups is 1. The quantitative estimate of drug-likeness (QED) is 0.684. The van der Waals surface area contributed by atoms with Crippen molar-refractivity contribution in [2.75, 3.05) is 0 Å². The molecule has 0 bridgehead atoms. The number of nitrogens with zero attached hydrogens (tertiary/aromatic N) is 2. The molecule has 84 valence electrons. The third-order valence-corrected chi connectivity index (χ3v) is 4.78. The van der Waals surface area contributed by atoms with Gasteiger partial charge in [0.2, 0.25) is 0 Å². The van der Waals surface area contributed by atoms with Gasteiger partial charge >= 0.3 is 103 Å². The normalized spacial score (nSPS) is 10.8. The van der Waals surface area contributed by atoms with Crippen LogP contribution in [0.3, 0.4) is 0 Å². The Bertz CT molecular complexity index is 731. The zero-order valence-electron chi connectivity index (χ0n) is 8.70. The molecular weight excluding hydrogens is 283 g/mol. The average Bonchev–Trinajstić information content (AvgIpc) is 2.68. The van der Waals surface area contributed by atoms with Crippen molar-refractivity contribution in [3.63, 3.8) is 0 Å². The maximum absolute atomic E-state index is 12.2. The Kier molecular flexibility index (Phi) is 2.35. The van der Waals surface area contributed by atoms with Crippen LogP contribution in [0.2, 0.25) is 0 Å². The van der Waals surface area contributed by atoms with E-state index in [4.69, 9.17) is 0 Å². The summed E-state index contributed by atoms with van der Waals surface area (Å²) in [6.45, 7) is 0. The first-order chi connectivity index (χ1) is 8.25. The second kappa shape index (κ2) is 3.87. The third-order valence-electron chi connectivity index (χ3n) is 2.45. The van der Waals surface area contributed by atoms with Crippen molar-refractivity contribution in [3.8, 4) is 11.4 Å². The molecule has 0 aliphatic rings. The summed E-state index contributed by atoms with van der Waals surface area (Å²) in [6.07, 6.45) is 3.35. The average molecular weight is 291 g/mol. The Hall–Kier alpha value is -1.84. The second-order valence-electron chi connectivity index (χ2n) is 3.58. The molecule has 0 unspecified atom stereocenters. The number of benzene rings is 1. The first-order valence-electron chi connectivity index (χ1n) is 5.01. The van der Waals surface area contributed by atoms with E-state index in [1.54, 1.807) is 34.2 Å². The fourth-order valence-corrected chi connectivity index (χ4v) is 3.68. The van der Waals surface area contributed by atoms with Crippen LogP contribution < -0.4 is 5.56 Å². The third kappa shape index (κ3) is 1.69. The SMILES string of the molecule is O=c1c2cc(O)ccc2[se]n1-c1cccnc1. The van der Waals surface area contributed by atoms with Crippen molar-refractivity contribution in [1.82, 2.24) is 8.55 Å². The molecule has 0 spiro atoms. The van der Waals surface area contributed by atoms with Crippen molar-refractivity contribution < 1.29 is 5.11 Å². The van der Waals surface area contributed by atoms with Crippen molar-refractivity contribution in [1.29, 1.82) is 0 Å². The van der Waals surface area contributed by atoms with Gasteiger partial charge in [-0.2, -0.15) is 0 Å². The number of aromatic nitrogens is 2. The van der Waals surface area contributed by atoms with Crippen LogP contribution in [0.5, 0.6) is 5.75 Å². The Morgan fingerprint density at radius 2 is 2.18 bits per heavy atom. The Labute approximate surface area is 103 Å². The van der Waals surface area contributed by atoms with Gasteiger partial charge < -0.3 is 0 Å². The van der Waals surface area contributed by atoms with Crippen LogP contribution in [-0.2, 0) is 0 Å². The Balaban J connectivity index is 2.33. The molecule has 0 saturated carbocycles. The first kappa shape index (κ1) is 10.3. The zero-order chi connectivity index (χ0) is 11.8. The summed E-state index contributed by atoms with van der Waals surface area (Å²) in [5, 5.41) is 9.99. The van der Waals surface area contributed by atoms with E-state index in [-0.39, 0.29) is 26.0 Å². The van der Waals surface area contributed by atoms with Gasteiger partial charge in [0.05, 0.1) is 0 Å². The number of fused-ring (bicyclic) bond motifs is 1. The molecule has 4 nitrogen and oxygen atoms in total. The van der Waals surface area contributed by atoms with Gasteiger partial charge in [0, 0.05) is 0 Å². The summed E-state index contributed by atoms with van der Waals surface area (Å²) in [4.78, 5) is 16.2. The minimum atomic E-state index is -0.0802. The molecule has 0 fully saturated rings. The van der Waals surface area contributed by atoms with E-state index in [0.29, 0.717) is 5.39 Å². The topological polar surface area (TPSA) is 55.1 Å². The van der Waals surface area contributed by atoms with E-state index in [0.717, 1.165) is 9.95 Å². The van der Waals surface area contributed by atoms with Gasteiger partial charge in [-0.3, -0.25) is 0 Å². The van der Waals surface area contributed by atoms with Gasteiger partial charge in [-0.25, -0.2) is 0 Å². The number of phenols is 1. The van der Waals surface area contributed by atoms with Crippen LogP contribution in [0.1, 0.15) is 0 Å². The fourth-order valence-electron chi connectivity index (χ4n) is 1.66. The van der Waals surface area contributed by atoms with Crippen LogP contribution in [0.15, 0.2) is 47.5 Å². The molecular formula is C12H8N2O2Se. The summed E-state index contributed by atoms with van der Waals surface area (Å²) >= 11 is -0.0802. The van der Waals surface area contributed by atoms with E-state index in [1.165, 1.54) is 6.07 Å². The number of hydrogen-bond acceptors (Lipinski definition) is 3. The number of rotatable bonds is 1. The summed E-state index contributed by atoms with van der Waals surface area (Å²) in [6, 6.07) is 8.60. The van der Waals surface area contributed by atoms with Crippen LogP contribution in [-0.4, -0.2) is 28.4 Å². The molecule has 0 saturated heterocycles. The number of pyridine rings is 1. The maximum atomic E-state index is 12.2. The van der Waals surface area contributed by atoms with Gasteiger partial charge in [0.1, 0.15) is 0 Å². The molecule has 17 heavy (non-hydrogen) atoms. The summed E-state index contributed by atoms with van der Waals surface area (Å²) in [5.41, 5.74) is 0.733. The van der Waals surface area contributed by atoms with E-state index in [2.05, 4.69) is 4.98 Å². The molecule has 3 rings (SSSR count). The Morgan fingerprint density at radius 1 is 1.29 bits per heavy atom. The molecule has 1 aromatic carbocycles. The molecule has 5 heteroatoms. The number of phenolic OH excluding ortho intramolecular Hbond substituents is 1. The second-order valence-corrected chi connectivity index (χ2v) is 5.65. The molecule has 0 aliphatic heterocycles. The molecule has 0 radical (unpaired) electrons. The van der Waals surface area contributed by atoms with E-state index >= 15 is 0 Å². The molecule has 0 amide bonds. The standard InChI is InChI=1S/C12H8N2O2Se/c15-9-3-4-11-10(6-9)12(16)14(17-11)8-2-1-5-13-7-8/h1-7,15H. The van der Waals surface area contributed by atoms with E-state index in [1.807, 2.05) is 6.07 Å². The van der Waals surface area contributed by atoms with Gasteiger partial charge in [0.25, 0.3) is 0 Å². The van der Waals surface area contributed by atoms with Crippen molar-refractivity contribution in [2.24, 2.45) is 0 Å². The molecule has 2 heterocycles. The summed E-state index contributed by atoms with van der Waals surface area (Å²) in [7, 11) is 0. The summed E-state index contributed by atoms with van der Waals surface area (Å²) < 4.78 is 2.70. The molecule has 3 aromatic rings. The van der Waals surface area contributed by atoms with E-state index < -0.39 is 0 Å². The van der Waals surface area contributed by atoms with Crippen LogP contribution >= 0.6 is 0 Å². The molecule has 2 aromatic heterocycles. The predicted octanol–water partition coefficient (Wildman–Crippen LogP) is 1.15. The van der Waals surface area contributed by atoms with Gasteiger partial charge in [-0.1, -0.05) is 0 Å². The van der Waals surface area contributed by atoms with Gasteiger partial charge in [-0.05, 0) is 0 Å². The van der Waals surface area contributed by atoms with Crippen LogP contribution in [0.25, 0.3) is 15.3 Å². The van der Waals surface area contributed by atoms with Gasteiger partial charge in [-0.15, -0.1) is 0 Å². The van der Waals surface area contributed by atoms with Crippen LogP contribution in [0.4, 0.5) is 0 Å². The zero-order valence-corrected chi connectivity index (χ0v) is 10.4. The summed E-state index contributed by atoms with van der Waals surface area (Å²) in [5.74, 6) is 0.126. The molecule has 0 atom stereocenters. The van der Waals surface area contributed by atoms with Gasteiger partial charge in [0.15, 0.2) is 0 Å². The van der Waals surface area contributed by atoms with Crippen molar-refractivity contribution in [3.05, 3.63) is 53.1 Å². The van der Waals surface area contributed by atoms with Crippen molar-refractivity contribution >= 4 is 24.4 Å². The van der Waals surface area contributed by atoms with Crippen molar-refractivity contribution in [2.45, 2.75) is 0 Å². The fraction of sp³-hybridized carbons (Fsp3) is 0. The molecule has 1 N–H and O–H groups in total. The minimum absolute atomic E-state index is 0.0658. The first-order valence-corrected chi connectivity index (χ1v) is 6.63. The Morgan fingerprint density at radius 3 is 2.94 bits per heavy atom. The number of hydrogen-bond donors (Lipinski definition) is 1. The monoisotopic (exact) mass is 292 g/mol. The molecule has 0 aliphatic carbocycles. The van der Waals surface area contributed by atoms with E-state index in [9.17, 15) is 9.90 Å².